The second-order valence-corrected chi connectivity index (χ2v) is 3.32. The molecule has 0 aromatic rings. The predicted octanol–water partition coefficient (Wildman–Crippen LogP) is -0.221. The highest BCUT2D eigenvalue weighted by Crippen LogP contribution is 1.97. The largest absolute Gasteiger partial charge is 0.383 e. The zero-order chi connectivity index (χ0) is 10.3. The van der Waals surface area contributed by atoms with Gasteiger partial charge in [-0.05, 0) is 5.92 Å². The highest BCUT2D eigenvalue weighted by Gasteiger charge is 2.08. The number of ether oxygens (including phenoxy) is 1. The zero-order valence-corrected chi connectivity index (χ0v) is 8.66. The van der Waals surface area contributed by atoms with Gasteiger partial charge in [-0.15, -0.1) is 5.10 Å². The lowest BCUT2D eigenvalue weighted by atomic mass is 10.2. The maximum absolute atomic E-state index is 5.60. The summed E-state index contributed by atoms with van der Waals surface area (Å²) in [5, 5.41) is 3.46. The fraction of sp³-hybridized carbons (Fsp3) is 0.875. The number of nitrogens with two attached hydrogens (primary N) is 2. The molecule has 0 atom stereocenters. The molecular formula is C8H20N4O. The standard InChI is InChI=1S/C8H20N4O/c1-7(2)6-12(4-5-13-3)8(9)11-10/h7H,4-6,10H2,1-3H3,(H2,9,11). The fourth-order valence-corrected chi connectivity index (χ4v) is 1.02. The Kier molecular flexibility index (Phi) is 6.05. The minimum Gasteiger partial charge on any atom is -0.383 e. The summed E-state index contributed by atoms with van der Waals surface area (Å²) in [5.41, 5.74) is 5.60. The Morgan fingerprint density at radius 3 is 2.54 bits per heavy atom. The third-order valence-corrected chi connectivity index (χ3v) is 1.61. The van der Waals surface area contributed by atoms with E-state index in [2.05, 4.69) is 18.9 Å². The molecule has 5 nitrogen and oxygen atoms in total. The molecule has 0 amide bonds. The van der Waals surface area contributed by atoms with Crippen LogP contribution in [0.5, 0.6) is 0 Å². The molecule has 0 aliphatic rings. The minimum atomic E-state index is 0.366. The van der Waals surface area contributed by atoms with Crippen LogP contribution in [0.2, 0.25) is 0 Å². The van der Waals surface area contributed by atoms with Crippen molar-refractivity contribution in [2.75, 3.05) is 26.8 Å². The first-order valence-corrected chi connectivity index (χ1v) is 4.39. The van der Waals surface area contributed by atoms with Gasteiger partial charge in [-0.2, -0.15) is 0 Å². The van der Waals surface area contributed by atoms with E-state index in [1.165, 1.54) is 0 Å². The van der Waals surface area contributed by atoms with E-state index in [0.717, 1.165) is 13.1 Å². The van der Waals surface area contributed by atoms with Crippen LogP contribution in [0, 0.1) is 5.92 Å². The normalized spacial score (nSPS) is 12.2. The minimum absolute atomic E-state index is 0.366. The highest BCUT2D eigenvalue weighted by atomic mass is 16.5. The van der Waals surface area contributed by atoms with Crippen molar-refractivity contribution in [1.82, 2.24) is 4.90 Å². The Balaban J connectivity index is 4.03. The molecule has 13 heavy (non-hydrogen) atoms. The van der Waals surface area contributed by atoms with E-state index >= 15 is 0 Å². The first-order valence-electron chi connectivity index (χ1n) is 4.39. The number of hydrogen-bond donors (Lipinski definition) is 2. The molecule has 0 heterocycles. The second kappa shape index (κ2) is 6.54. The summed E-state index contributed by atoms with van der Waals surface area (Å²) in [6, 6.07) is 0. The van der Waals surface area contributed by atoms with Gasteiger partial charge in [0.2, 0.25) is 5.96 Å². The van der Waals surface area contributed by atoms with Gasteiger partial charge >= 0.3 is 0 Å². The van der Waals surface area contributed by atoms with Crippen molar-refractivity contribution in [3.63, 3.8) is 0 Å². The number of hydrogen-bond acceptors (Lipinski definition) is 3. The number of methoxy groups -OCH3 is 1. The van der Waals surface area contributed by atoms with Gasteiger partial charge in [0.1, 0.15) is 0 Å². The van der Waals surface area contributed by atoms with Gasteiger partial charge in [-0.3, -0.25) is 0 Å². The van der Waals surface area contributed by atoms with E-state index in [0.29, 0.717) is 18.5 Å². The van der Waals surface area contributed by atoms with Crippen molar-refractivity contribution < 1.29 is 4.74 Å². The Morgan fingerprint density at radius 1 is 1.54 bits per heavy atom. The van der Waals surface area contributed by atoms with Crippen LogP contribution in [0.15, 0.2) is 5.10 Å². The lowest BCUT2D eigenvalue weighted by Crippen LogP contribution is -2.42. The summed E-state index contributed by atoms with van der Waals surface area (Å²) >= 11 is 0. The van der Waals surface area contributed by atoms with Crippen LogP contribution >= 0.6 is 0 Å². The fourth-order valence-electron chi connectivity index (χ4n) is 1.02. The van der Waals surface area contributed by atoms with Crippen LogP contribution in [0.1, 0.15) is 13.8 Å². The molecule has 0 aromatic heterocycles. The Labute approximate surface area is 79.7 Å². The molecule has 0 unspecified atom stereocenters. The summed E-state index contributed by atoms with van der Waals surface area (Å²) in [6.07, 6.45) is 0. The average molecular weight is 188 g/mol. The molecule has 0 rings (SSSR count). The zero-order valence-electron chi connectivity index (χ0n) is 8.66. The molecule has 0 bridgehead atoms. The molecule has 0 aliphatic heterocycles. The molecule has 4 N–H and O–H groups in total. The van der Waals surface area contributed by atoms with Gasteiger partial charge in [0.25, 0.3) is 0 Å². The lowest BCUT2D eigenvalue weighted by Gasteiger charge is -2.24. The molecule has 0 radical (unpaired) electrons. The van der Waals surface area contributed by atoms with E-state index in [1.54, 1.807) is 7.11 Å². The maximum Gasteiger partial charge on any atom is 0.213 e. The molecule has 0 fully saturated rings. The quantitative estimate of drug-likeness (QED) is 0.271. The Bertz CT molecular complexity index is 158. The topological polar surface area (TPSA) is 76.9 Å². The molecule has 0 spiro atoms. The summed E-state index contributed by atoms with van der Waals surface area (Å²) in [4.78, 5) is 1.91. The van der Waals surface area contributed by atoms with Crippen LogP contribution < -0.4 is 11.6 Å². The third-order valence-electron chi connectivity index (χ3n) is 1.61. The second-order valence-electron chi connectivity index (χ2n) is 3.32. The Hall–Kier alpha value is -0.970. The molecule has 78 valence electrons. The van der Waals surface area contributed by atoms with E-state index in [9.17, 15) is 0 Å². The van der Waals surface area contributed by atoms with Crippen LogP contribution in [-0.2, 0) is 4.74 Å². The maximum atomic E-state index is 5.60. The van der Waals surface area contributed by atoms with E-state index in [4.69, 9.17) is 16.3 Å². The SMILES string of the molecule is COCCN(CC(C)C)C(N)=NN. The summed E-state index contributed by atoms with van der Waals surface area (Å²) < 4.78 is 4.96. The van der Waals surface area contributed by atoms with E-state index in [-0.39, 0.29) is 0 Å². The summed E-state index contributed by atoms with van der Waals surface area (Å²) in [7, 11) is 1.66. The van der Waals surface area contributed by atoms with Gasteiger partial charge in [-0.1, -0.05) is 13.8 Å². The van der Waals surface area contributed by atoms with Gasteiger partial charge in [-0.25, -0.2) is 0 Å². The van der Waals surface area contributed by atoms with Gasteiger partial charge in [0.15, 0.2) is 0 Å². The lowest BCUT2D eigenvalue weighted by molar-refractivity contribution is 0.171. The number of hydrazone groups is 1. The number of guanidine groups is 1. The van der Waals surface area contributed by atoms with Gasteiger partial charge < -0.3 is 21.2 Å². The van der Waals surface area contributed by atoms with Gasteiger partial charge in [0.05, 0.1) is 6.61 Å². The van der Waals surface area contributed by atoms with Crippen LogP contribution in [0.25, 0.3) is 0 Å². The Morgan fingerprint density at radius 2 is 2.15 bits per heavy atom. The van der Waals surface area contributed by atoms with Crippen molar-refractivity contribution in [2.24, 2.45) is 22.6 Å². The first-order chi connectivity index (χ1) is 6.11. The highest BCUT2D eigenvalue weighted by molar-refractivity contribution is 5.77. The molecule has 0 aliphatic carbocycles. The summed E-state index contributed by atoms with van der Waals surface area (Å²) in [5.74, 6) is 5.99. The van der Waals surface area contributed by atoms with Crippen molar-refractivity contribution in [2.45, 2.75) is 13.8 Å². The summed E-state index contributed by atoms with van der Waals surface area (Å²) in [6.45, 7) is 6.42. The number of nitrogens with zero attached hydrogens (tertiary/aromatic N) is 2. The monoisotopic (exact) mass is 188 g/mol. The van der Waals surface area contributed by atoms with E-state index < -0.39 is 0 Å². The van der Waals surface area contributed by atoms with Crippen LogP contribution in [0.4, 0.5) is 0 Å². The van der Waals surface area contributed by atoms with Crippen molar-refractivity contribution in [3.05, 3.63) is 0 Å². The average Bonchev–Trinajstić information content (AvgIpc) is 2.10. The smallest absolute Gasteiger partial charge is 0.213 e. The van der Waals surface area contributed by atoms with Gasteiger partial charge in [0, 0.05) is 20.2 Å². The van der Waals surface area contributed by atoms with Crippen LogP contribution in [0.3, 0.4) is 0 Å². The molecule has 0 aromatic carbocycles. The molecule has 0 saturated carbocycles. The third kappa shape index (κ3) is 5.30. The number of rotatable bonds is 5. The molecular weight excluding hydrogens is 168 g/mol. The van der Waals surface area contributed by atoms with Crippen molar-refractivity contribution in [1.29, 1.82) is 0 Å². The van der Waals surface area contributed by atoms with Crippen LogP contribution in [-0.4, -0.2) is 37.7 Å². The van der Waals surface area contributed by atoms with Crippen molar-refractivity contribution in [3.8, 4) is 0 Å². The molecule has 0 saturated heterocycles. The molecule has 5 heteroatoms. The predicted molar refractivity (Wildman–Crippen MR) is 54.1 cm³/mol. The van der Waals surface area contributed by atoms with Crippen molar-refractivity contribution >= 4 is 5.96 Å². The first kappa shape index (κ1) is 12.0. The van der Waals surface area contributed by atoms with E-state index in [1.807, 2.05) is 4.90 Å².